The molecule has 1 amide bonds. The zero-order valence-electron chi connectivity index (χ0n) is 13.9. The number of hydrogen-bond donors (Lipinski definition) is 1. The summed E-state index contributed by atoms with van der Waals surface area (Å²) in [5.74, 6) is 0.846. The molecule has 0 aliphatic heterocycles. The van der Waals surface area contributed by atoms with Crippen LogP contribution in [0.15, 0.2) is 0 Å². The van der Waals surface area contributed by atoms with Gasteiger partial charge in [0.05, 0.1) is 0 Å². The zero-order valence-corrected chi connectivity index (χ0v) is 13.9. The Balaban J connectivity index is 2.59. The molecular weight excluding hydrogens is 268 g/mol. The molecule has 1 aromatic heterocycles. The van der Waals surface area contributed by atoms with Crippen LogP contribution in [0.25, 0.3) is 0 Å². The lowest BCUT2D eigenvalue weighted by atomic mass is 10.3. The quantitative estimate of drug-likeness (QED) is 0.717. The van der Waals surface area contributed by atoms with Gasteiger partial charge in [-0.25, -0.2) is 4.98 Å². The van der Waals surface area contributed by atoms with Gasteiger partial charge in [0.15, 0.2) is 0 Å². The molecule has 0 fully saturated rings. The second-order valence-corrected chi connectivity index (χ2v) is 5.85. The standard InChI is InChI=1S/C14H28N6O/c1-12-15-13(17-16-12)14(21)20(10-6-8-18(2)3)11-7-9-19(4)5/h6-11H2,1-5H3,(H,15,16,17). The van der Waals surface area contributed by atoms with E-state index in [1.165, 1.54) is 0 Å². The molecule has 0 unspecified atom stereocenters. The highest BCUT2D eigenvalue weighted by Crippen LogP contribution is 2.03. The molecule has 21 heavy (non-hydrogen) atoms. The second-order valence-electron chi connectivity index (χ2n) is 5.85. The van der Waals surface area contributed by atoms with Crippen LogP contribution in [0.1, 0.15) is 29.3 Å². The molecule has 0 bridgehead atoms. The van der Waals surface area contributed by atoms with E-state index in [0.29, 0.717) is 5.82 Å². The number of hydrogen-bond acceptors (Lipinski definition) is 5. The van der Waals surface area contributed by atoms with Crippen molar-refractivity contribution in [3.8, 4) is 0 Å². The monoisotopic (exact) mass is 296 g/mol. The topological polar surface area (TPSA) is 68.4 Å². The summed E-state index contributed by atoms with van der Waals surface area (Å²) in [7, 11) is 8.15. The normalized spacial score (nSPS) is 11.4. The Morgan fingerprint density at radius 3 is 1.90 bits per heavy atom. The first-order chi connectivity index (χ1) is 9.90. The summed E-state index contributed by atoms with van der Waals surface area (Å²) in [5, 5.41) is 6.70. The summed E-state index contributed by atoms with van der Waals surface area (Å²) in [4.78, 5) is 22.7. The molecule has 7 heteroatoms. The molecular formula is C14H28N6O. The Kier molecular flexibility index (Phi) is 7.31. The fraction of sp³-hybridized carbons (Fsp3) is 0.786. The highest BCUT2D eigenvalue weighted by molar-refractivity contribution is 5.90. The van der Waals surface area contributed by atoms with E-state index in [1.807, 2.05) is 33.1 Å². The minimum absolute atomic E-state index is 0.0862. The van der Waals surface area contributed by atoms with Gasteiger partial charge in [-0.05, 0) is 61.0 Å². The van der Waals surface area contributed by atoms with Gasteiger partial charge >= 0.3 is 0 Å². The number of aromatic amines is 1. The largest absolute Gasteiger partial charge is 0.336 e. The van der Waals surface area contributed by atoms with Crippen molar-refractivity contribution in [2.24, 2.45) is 0 Å². The van der Waals surface area contributed by atoms with Crippen LogP contribution >= 0.6 is 0 Å². The molecule has 1 heterocycles. The van der Waals surface area contributed by atoms with E-state index in [9.17, 15) is 4.79 Å². The second kappa shape index (κ2) is 8.74. The van der Waals surface area contributed by atoms with Gasteiger partial charge in [0, 0.05) is 13.1 Å². The third kappa shape index (κ3) is 6.68. The van der Waals surface area contributed by atoms with Crippen LogP contribution in [-0.4, -0.2) is 90.2 Å². The Morgan fingerprint density at radius 1 is 1.00 bits per heavy atom. The average Bonchev–Trinajstić information content (AvgIpc) is 2.82. The molecule has 0 saturated carbocycles. The SMILES string of the molecule is Cc1nc(C(=O)N(CCCN(C)C)CCCN(C)C)n[nH]1. The lowest BCUT2D eigenvalue weighted by Gasteiger charge is -2.23. The van der Waals surface area contributed by atoms with Gasteiger partial charge in [-0.3, -0.25) is 9.89 Å². The van der Waals surface area contributed by atoms with E-state index >= 15 is 0 Å². The first-order valence-corrected chi connectivity index (χ1v) is 7.38. The Morgan fingerprint density at radius 2 is 1.52 bits per heavy atom. The van der Waals surface area contributed by atoms with E-state index in [-0.39, 0.29) is 11.7 Å². The van der Waals surface area contributed by atoms with E-state index in [1.54, 1.807) is 6.92 Å². The van der Waals surface area contributed by atoms with Gasteiger partial charge in [-0.15, -0.1) is 5.10 Å². The number of aryl methyl sites for hydroxylation is 1. The van der Waals surface area contributed by atoms with Crippen molar-refractivity contribution < 1.29 is 4.79 Å². The average molecular weight is 296 g/mol. The van der Waals surface area contributed by atoms with Crippen molar-refractivity contribution in [1.82, 2.24) is 29.9 Å². The lowest BCUT2D eigenvalue weighted by molar-refractivity contribution is 0.0733. The van der Waals surface area contributed by atoms with Gasteiger partial charge in [0.1, 0.15) is 5.82 Å². The van der Waals surface area contributed by atoms with Crippen molar-refractivity contribution in [3.63, 3.8) is 0 Å². The maximum atomic E-state index is 12.5. The van der Waals surface area contributed by atoms with Crippen molar-refractivity contribution in [2.75, 3.05) is 54.4 Å². The predicted octanol–water partition coefficient (Wildman–Crippen LogP) is 0.459. The molecule has 1 rings (SSSR count). The number of H-pyrrole nitrogens is 1. The third-order valence-corrected chi connectivity index (χ3v) is 3.14. The number of carbonyl (C=O) groups excluding carboxylic acids is 1. The van der Waals surface area contributed by atoms with Crippen molar-refractivity contribution in [3.05, 3.63) is 11.6 Å². The molecule has 0 aliphatic carbocycles. The van der Waals surface area contributed by atoms with Crippen LogP contribution in [0.3, 0.4) is 0 Å². The molecule has 0 aromatic carbocycles. The smallest absolute Gasteiger partial charge is 0.293 e. The number of amides is 1. The molecule has 0 saturated heterocycles. The van der Waals surface area contributed by atoms with E-state index < -0.39 is 0 Å². The maximum Gasteiger partial charge on any atom is 0.293 e. The summed E-state index contributed by atoms with van der Waals surface area (Å²) in [5.41, 5.74) is 0. The number of nitrogens with one attached hydrogen (secondary N) is 1. The number of rotatable bonds is 9. The highest BCUT2D eigenvalue weighted by atomic mass is 16.2. The molecule has 0 spiro atoms. The minimum atomic E-state index is -0.0862. The van der Waals surface area contributed by atoms with Crippen molar-refractivity contribution in [2.45, 2.75) is 19.8 Å². The molecule has 7 nitrogen and oxygen atoms in total. The maximum absolute atomic E-state index is 12.5. The fourth-order valence-corrected chi connectivity index (χ4v) is 2.05. The van der Waals surface area contributed by atoms with Crippen molar-refractivity contribution in [1.29, 1.82) is 0 Å². The summed E-state index contributed by atoms with van der Waals surface area (Å²) < 4.78 is 0. The van der Waals surface area contributed by atoms with Crippen LogP contribution < -0.4 is 0 Å². The summed E-state index contributed by atoms with van der Waals surface area (Å²) in [6.07, 6.45) is 1.90. The fourth-order valence-electron chi connectivity index (χ4n) is 2.05. The number of aromatic nitrogens is 3. The molecule has 120 valence electrons. The van der Waals surface area contributed by atoms with Crippen LogP contribution in [0.5, 0.6) is 0 Å². The predicted molar refractivity (Wildman–Crippen MR) is 83.4 cm³/mol. The molecule has 1 aromatic rings. The van der Waals surface area contributed by atoms with E-state index in [4.69, 9.17) is 0 Å². The van der Waals surface area contributed by atoms with Gasteiger partial charge < -0.3 is 14.7 Å². The first kappa shape index (κ1) is 17.6. The molecule has 1 N–H and O–H groups in total. The van der Waals surface area contributed by atoms with Gasteiger partial charge in [-0.2, -0.15) is 0 Å². The third-order valence-electron chi connectivity index (χ3n) is 3.14. The zero-order chi connectivity index (χ0) is 15.8. The first-order valence-electron chi connectivity index (χ1n) is 7.38. The van der Waals surface area contributed by atoms with Crippen molar-refractivity contribution >= 4 is 5.91 Å². The molecule has 0 atom stereocenters. The van der Waals surface area contributed by atoms with Gasteiger partial charge in [0.2, 0.25) is 5.82 Å². The van der Waals surface area contributed by atoms with Crippen LogP contribution in [0, 0.1) is 6.92 Å². The van der Waals surface area contributed by atoms with Gasteiger partial charge in [0.25, 0.3) is 5.91 Å². The molecule has 0 radical (unpaired) electrons. The number of nitrogens with zero attached hydrogens (tertiary/aromatic N) is 5. The van der Waals surface area contributed by atoms with Crippen LogP contribution in [0.4, 0.5) is 0 Å². The molecule has 0 aliphatic rings. The number of carbonyl (C=O) groups is 1. The van der Waals surface area contributed by atoms with Crippen LogP contribution in [-0.2, 0) is 0 Å². The van der Waals surface area contributed by atoms with E-state index in [2.05, 4.69) is 25.0 Å². The van der Waals surface area contributed by atoms with E-state index in [0.717, 1.165) is 39.0 Å². The Bertz CT molecular complexity index is 415. The van der Waals surface area contributed by atoms with Gasteiger partial charge in [-0.1, -0.05) is 0 Å². The Labute approximate surface area is 127 Å². The Hall–Kier alpha value is -1.47. The lowest BCUT2D eigenvalue weighted by Crippen LogP contribution is -2.36. The summed E-state index contributed by atoms with van der Waals surface area (Å²) >= 11 is 0. The summed E-state index contributed by atoms with van der Waals surface area (Å²) in [6.45, 7) is 5.19. The highest BCUT2D eigenvalue weighted by Gasteiger charge is 2.19. The summed E-state index contributed by atoms with van der Waals surface area (Å²) in [6, 6.07) is 0. The van der Waals surface area contributed by atoms with Crippen LogP contribution in [0.2, 0.25) is 0 Å². The minimum Gasteiger partial charge on any atom is -0.336 e.